The maximum Gasteiger partial charge on any atom is 0.145 e. The van der Waals surface area contributed by atoms with Crippen LogP contribution in [-0.4, -0.2) is 0 Å². The lowest BCUT2D eigenvalue weighted by atomic mass is 10.2. The molecule has 0 aliphatic heterocycles. The van der Waals surface area contributed by atoms with Gasteiger partial charge in [-0.1, -0.05) is 41.4 Å². The number of hydrogen-bond donors (Lipinski definition) is 0. The lowest BCUT2D eigenvalue weighted by molar-refractivity contribution is 0.304. The number of benzene rings is 2. The van der Waals surface area contributed by atoms with Gasteiger partial charge in [-0.15, -0.1) is 0 Å². The maximum absolute atomic E-state index is 13.1. The van der Waals surface area contributed by atoms with Crippen LogP contribution in [0.4, 0.5) is 4.39 Å². The molecule has 0 atom stereocenters. The molecule has 2 aromatic carbocycles. The van der Waals surface area contributed by atoms with Crippen molar-refractivity contribution in [3.63, 3.8) is 0 Å². The predicted octanol–water partition coefficient (Wildman–Crippen LogP) is 4.37. The molecule has 0 radical (unpaired) electrons. The van der Waals surface area contributed by atoms with Crippen molar-refractivity contribution < 1.29 is 9.13 Å². The van der Waals surface area contributed by atoms with Crippen LogP contribution in [0.1, 0.15) is 11.1 Å². The van der Waals surface area contributed by atoms with Crippen LogP contribution in [0.3, 0.4) is 0 Å². The smallest absolute Gasteiger partial charge is 0.145 e. The van der Waals surface area contributed by atoms with Crippen LogP contribution in [0.5, 0.6) is 5.75 Å². The molecule has 3 heteroatoms. The van der Waals surface area contributed by atoms with E-state index < -0.39 is 5.82 Å². The number of halogens is 2. The van der Waals surface area contributed by atoms with Gasteiger partial charge in [-0.2, -0.15) is 0 Å². The minimum atomic E-state index is -0.465. The molecule has 0 fully saturated rings. The fourth-order valence-electron chi connectivity index (χ4n) is 1.42. The molecule has 17 heavy (non-hydrogen) atoms. The molecule has 0 saturated heterocycles. The minimum absolute atomic E-state index is 0.104. The molecule has 0 unspecified atom stereocenters. The molecular formula is C14H12ClFO. The molecule has 0 spiro atoms. The van der Waals surface area contributed by atoms with Crippen molar-refractivity contribution in [2.24, 2.45) is 0 Å². The molecule has 0 aliphatic carbocycles. The van der Waals surface area contributed by atoms with Crippen molar-refractivity contribution in [3.8, 4) is 5.75 Å². The Morgan fingerprint density at radius 3 is 2.47 bits per heavy atom. The molecule has 1 nitrogen and oxygen atoms in total. The van der Waals surface area contributed by atoms with Crippen molar-refractivity contribution in [1.82, 2.24) is 0 Å². The fraction of sp³-hybridized carbons (Fsp3) is 0.143. The topological polar surface area (TPSA) is 9.23 Å². The summed E-state index contributed by atoms with van der Waals surface area (Å²) in [5, 5.41) is 0.104. The zero-order chi connectivity index (χ0) is 12.3. The standard InChI is InChI=1S/C14H12ClFO/c1-10-2-4-11(5-3-10)9-17-12-6-7-13(15)14(16)8-12/h2-8H,9H2,1H3. The zero-order valence-electron chi connectivity index (χ0n) is 9.41. The first-order valence-corrected chi connectivity index (χ1v) is 5.66. The summed E-state index contributed by atoms with van der Waals surface area (Å²) in [5.41, 5.74) is 2.25. The predicted molar refractivity (Wildman–Crippen MR) is 66.9 cm³/mol. The number of hydrogen-bond acceptors (Lipinski definition) is 1. The minimum Gasteiger partial charge on any atom is -0.489 e. The van der Waals surface area contributed by atoms with Gasteiger partial charge in [-0.25, -0.2) is 4.39 Å². The summed E-state index contributed by atoms with van der Waals surface area (Å²) in [6.45, 7) is 2.45. The number of rotatable bonds is 3. The van der Waals surface area contributed by atoms with Crippen molar-refractivity contribution >= 4 is 11.6 Å². The SMILES string of the molecule is Cc1ccc(COc2ccc(Cl)c(F)c2)cc1. The molecular weight excluding hydrogens is 239 g/mol. The van der Waals surface area contributed by atoms with Gasteiger partial charge >= 0.3 is 0 Å². The lowest BCUT2D eigenvalue weighted by Gasteiger charge is -2.07. The third kappa shape index (κ3) is 3.21. The third-order valence-electron chi connectivity index (χ3n) is 2.42. The molecule has 0 bridgehead atoms. The summed E-state index contributed by atoms with van der Waals surface area (Å²) < 4.78 is 18.6. The van der Waals surface area contributed by atoms with Crippen molar-refractivity contribution in [3.05, 3.63) is 64.4 Å². The quantitative estimate of drug-likeness (QED) is 0.786. The molecule has 0 amide bonds. The number of aryl methyl sites for hydroxylation is 1. The summed E-state index contributed by atoms with van der Waals surface area (Å²) in [7, 11) is 0. The summed E-state index contributed by atoms with van der Waals surface area (Å²) in [6.07, 6.45) is 0. The van der Waals surface area contributed by atoms with Gasteiger partial charge in [0.15, 0.2) is 0 Å². The van der Waals surface area contributed by atoms with Crippen LogP contribution in [0, 0.1) is 12.7 Å². The van der Waals surface area contributed by atoms with Crippen molar-refractivity contribution in [1.29, 1.82) is 0 Å². The first kappa shape index (κ1) is 11.9. The Kier molecular flexibility index (Phi) is 3.64. The lowest BCUT2D eigenvalue weighted by Crippen LogP contribution is -1.95. The summed E-state index contributed by atoms with van der Waals surface area (Å²) in [6, 6.07) is 12.4. The summed E-state index contributed by atoms with van der Waals surface area (Å²) >= 11 is 5.58. The van der Waals surface area contributed by atoms with E-state index >= 15 is 0 Å². The van der Waals surface area contributed by atoms with E-state index in [1.807, 2.05) is 31.2 Å². The highest BCUT2D eigenvalue weighted by Gasteiger charge is 2.02. The van der Waals surface area contributed by atoms with Crippen LogP contribution >= 0.6 is 11.6 Å². The average molecular weight is 251 g/mol. The second-order valence-corrected chi connectivity index (χ2v) is 4.26. The van der Waals surface area contributed by atoms with E-state index in [1.54, 1.807) is 6.07 Å². The van der Waals surface area contributed by atoms with E-state index in [1.165, 1.54) is 17.7 Å². The van der Waals surface area contributed by atoms with Gasteiger partial charge in [-0.3, -0.25) is 0 Å². The van der Waals surface area contributed by atoms with Crippen LogP contribution in [0.25, 0.3) is 0 Å². The Hall–Kier alpha value is -1.54. The van der Waals surface area contributed by atoms with Crippen LogP contribution in [0.15, 0.2) is 42.5 Å². The first-order valence-electron chi connectivity index (χ1n) is 5.28. The molecule has 0 saturated carbocycles. The average Bonchev–Trinajstić information content (AvgIpc) is 2.33. The van der Waals surface area contributed by atoms with Crippen LogP contribution < -0.4 is 4.74 Å². The highest BCUT2D eigenvalue weighted by Crippen LogP contribution is 2.21. The van der Waals surface area contributed by atoms with Crippen molar-refractivity contribution in [2.75, 3.05) is 0 Å². The highest BCUT2D eigenvalue weighted by molar-refractivity contribution is 6.30. The Labute approximate surface area is 105 Å². The molecule has 0 aromatic heterocycles. The van der Waals surface area contributed by atoms with E-state index in [4.69, 9.17) is 16.3 Å². The van der Waals surface area contributed by atoms with Gasteiger partial charge in [0.05, 0.1) is 5.02 Å². The first-order chi connectivity index (χ1) is 8.15. The molecule has 0 aliphatic rings. The normalized spacial score (nSPS) is 10.3. The number of ether oxygens (including phenoxy) is 1. The van der Waals surface area contributed by atoms with Crippen molar-refractivity contribution in [2.45, 2.75) is 13.5 Å². The van der Waals surface area contributed by atoms with Crippen LogP contribution in [-0.2, 0) is 6.61 Å². The summed E-state index contributed by atoms with van der Waals surface area (Å²) in [4.78, 5) is 0. The van der Waals surface area contributed by atoms with Gasteiger partial charge in [-0.05, 0) is 24.6 Å². The summed E-state index contributed by atoms with van der Waals surface area (Å²) in [5.74, 6) is 0.0144. The zero-order valence-corrected chi connectivity index (χ0v) is 10.2. The third-order valence-corrected chi connectivity index (χ3v) is 2.72. The van der Waals surface area contributed by atoms with Crippen LogP contribution in [0.2, 0.25) is 5.02 Å². The van der Waals surface area contributed by atoms with E-state index in [0.717, 1.165) is 5.56 Å². The maximum atomic E-state index is 13.1. The van der Waals surface area contributed by atoms with Gasteiger partial charge in [0, 0.05) is 6.07 Å². The van der Waals surface area contributed by atoms with Gasteiger partial charge in [0.25, 0.3) is 0 Å². The monoisotopic (exact) mass is 250 g/mol. The fourth-order valence-corrected chi connectivity index (χ4v) is 1.54. The van der Waals surface area contributed by atoms with E-state index in [9.17, 15) is 4.39 Å². The molecule has 88 valence electrons. The molecule has 2 rings (SSSR count). The van der Waals surface area contributed by atoms with E-state index in [-0.39, 0.29) is 5.02 Å². The Bertz CT molecular complexity index is 508. The van der Waals surface area contributed by atoms with E-state index in [2.05, 4.69) is 0 Å². The highest BCUT2D eigenvalue weighted by atomic mass is 35.5. The second-order valence-electron chi connectivity index (χ2n) is 3.85. The Morgan fingerprint density at radius 2 is 1.82 bits per heavy atom. The largest absolute Gasteiger partial charge is 0.489 e. The van der Waals surface area contributed by atoms with Gasteiger partial charge in [0.1, 0.15) is 18.2 Å². The Morgan fingerprint density at radius 1 is 1.12 bits per heavy atom. The van der Waals surface area contributed by atoms with Gasteiger partial charge in [0.2, 0.25) is 0 Å². The molecule has 0 heterocycles. The van der Waals surface area contributed by atoms with Gasteiger partial charge < -0.3 is 4.74 Å². The van der Waals surface area contributed by atoms with E-state index in [0.29, 0.717) is 12.4 Å². The second kappa shape index (κ2) is 5.19. The molecule has 2 aromatic rings. The Balaban J connectivity index is 2.02. The molecule has 0 N–H and O–H groups in total.